The van der Waals surface area contributed by atoms with E-state index in [4.69, 9.17) is 4.74 Å². The van der Waals surface area contributed by atoms with Crippen LogP contribution >= 0.6 is 0 Å². The highest BCUT2D eigenvalue weighted by atomic mass is 16.5. The molecule has 2 amide bonds. The molecular formula is C22H30N2O4. The van der Waals surface area contributed by atoms with Crippen LogP contribution in [0.5, 0.6) is 0 Å². The van der Waals surface area contributed by atoms with E-state index in [1.54, 1.807) is 11.8 Å². The normalized spacial score (nSPS) is 23.6. The monoisotopic (exact) mass is 386 g/mol. The average Bonchev–Trinajstić information content (AvgIpc) is 3.09. The molecule has 0 radical (unpaired) electrons. The first-order valence-corrected chi connectivity index (χ1v) is 10.3. The Balaban J connectivity index is 1.59. The van der Waals surface area contributed by atoms with Gasteiger partial charge in [-0.05, 0) is 51.7 Å². The molecule has 2 aliphatic heterocycles. The first-order chi connectivity index (χ1) is 13.4. The molecule has 0 bridgehead atoms. The summed E-state index contributed by atoms with van der Waals surface area (Å²) in [7, 11) is 0. The highest BCUT2D eigenvalue weighted by Crippen LogP contribution is 2.27. The van der Waals surface area contributed by atoms with Gasteiger partial charge in [0, 0.05) is 31.2 Å². The number of aryl methyl sites for hydroxylation is 1. The Bertz CT molecular complexity index is 731. The summed E-state index contributed by atoms with van der Waals surface area (Å²) in [5.41, 5.74) is 1.90. The minimum absolute atomic E-state index is 0.0909. The van der Waals surface area contributed by atoms with Crippen molar-refractivity contribution in [3.63, 3.8) is 0 Å². The maximum absolute atomic E-state index is 12.8. The molecule has 0 aliphatic carbocycles. The molecule has 0 spiro atoms. The first kappa shape index (κ1) is 20.4. The molecule has 1 aromatic carbocycles. The summed E-state index contributed by atoms with van der Waals surface area (Å²) < 4.78 is 5.48. The van der Waals surface area contributed by atoms with Crippen LogP contribution in [0.3, 0.4) is 0 Å². The quantitative estimate of drug-likeness (QED) is 0.730. The molecule has 2 fully saturated rings. The van der Waals surface area contributed by atoms with E-state index in [2.05, 4.69) is 6.92 Å². The van der Waals surface area contributed by atoms with E-state index in [9.17, 15) is 14.4 Å². The van der Waals surface area contributed by atoms with Crippen LogP contribution in [0, 0.1) is 12.8 Å². The van der Waals surface area contributed by atoms with E-state index in [1.807, 2.05) is 36.1 Å². The van der Waals surface area contributed by atoms with Crippen LogP contribution in [0.4, 0.5) is 5.69 Å². The number of piperidine rings is 1. The maximum atomic E-state index is 12.8. The molecule has 6 nitrogen and oxygen atoms in total. The second-order valence-electron chi connectivity index (χ2n) is 7.91. The molecule has 2 aliphatic rings. The molecule has 3 atom stereocenters. The number of benzene rings is 1. The molecule has 6 heteroatoms. The first-order valence-electron chi connectivity index (χ1n) is 10.3. The second kappa shape index (κ2) is 8.76. The fourth-order valence-electron chi connectivity index (χ4n) is 4.11. The number of amides is 2. The Kier molecular flexibility index (Phi) is 6.37. The molecule has 152 valence electrons. The lowest BCUT2D eigenvalue weighted by atomic mass is 9.99. The Labute approximate surface area is 166 Å². The number of hydrogen-bond acceptors (Lipinski definition) is 4. The Morgan fingerprint density at radius 3 is 2.61 bits per heavy atom. The van der Waals surface area contributed by atoms with Gasteiger partial charge in [-0.1, -0.05) is 24.6 Å². The van der Waals surface area contributed by atoms with Gasteiger partial charge >= 0.3 is 5.97 Å². The van der Waals surface area contributed by atoms with Crippen LogP contribution in [-0.2, 0) is 19.1 Å². The van der Waals surface area contributed by atoms with Gasteiger partial charge in [0.25, 0.3) is 5.91 Å². The third-order valence-electron chi connectivity index (χ3n) is 5.83. The topological polar surface area (TPSA) is 66.9 Å². The summed E-state index contributed by atoms with van der Waals surface area (Å²) in [4.78, 5) is 41.2. The maximum Gasteiger partial charge on any atom is 0.312 e. The Hall–Kier alpha value is -2.37. The summed E-state index contributed by atoms with van der Waals surface area (Å²) in [5, 5.41) is 0. The number of carbonyl (C=O) groups is 3. The van der Waals surface area contributed by atoms with Crippen LogP contribution < -0.4 is 4.90 Å². The van der Waals surface area contributed by atoms with Crippen LogP contribution in [0.2, 0.25) is 0 Å². The van der Waals surface area contributed by atoms with Crippen molar-refractivity contribution in [3.8, 4) is 0 Å². The third kappa shape index (κ3) is 4.37. The van der Waals surface area contributed by atoms with Gasteiger partial charge in [-0.2, -0.15) is 0 Å². The van der Waals surface area contributed by atoms with Gasteiger partial charge in [0.2, 0.25) is 5.91 Å². The molecule has 3 rings (SSSR count). The van der Waals surface area contributed by atoms with Gasteiger partial charge in [0.1, 0.15) is 0 Å². The minimum atomic E-state index is -0.817. The summed E-state index contributed by atoms with van der Waals surface area (Å²) in [6, 6.07) is 7.88. The van der Waals surface area contributed by atoms with Crippen molar-refractivity contribution in [2.24, 2.45) is 5.92 Å². The number of likely N-dealkylation sites (tertiary alicyclic amines) is 1. The fraction of sp³-hybridized carbons (Fsp3) is 0.591. The number of ether oxygens (including phenoxy) is 1. The largest absolute Gasteiger partial charge is 0.452 e. The van der Waals surface area contributed by atoms with Gasteiger partial charge in [-0.15, -0.1) is 0 Å². The molecule has 0 N–H and O–H groups in total. The summed E-state index contributed by atoms with van der Waals surface area (Å²) in [5.74, 6) is -1.22. The molecule has 3 unspecified atom stereocenters. The van der Waals surface area contributed by atoms with Crippen molar-refractivity contribution >= 4 is 23.5 Å². The van der Waals surface area contributed by atoms with E-state index < -0.39 is 18.0 Å². The van der Waals surface area contributed by atoms with Gasteiger partial charge in [0.15, 0.2) is 6.10 Å². The zero-order valence-corrected chi connectivity index (χ0v) is 17.0. The molecule has 1 aromatic rings. The van der Waals surface area contributed by atoms with Crippen LogP contribution in [0.25, 0.3) is 0 Å². The van der Waals surface area contributed by atoms with E-state index in [0.29, 0.717) is 6.54 Å². The second-order valence-corrected chi connectivity index (χ2v) is 7.91. The number of anilines is 1. The Morgan fingerprint density at radius 2 is 1.93 bits per heavy atom. The fourth-order valence-corrected chi connectivity index (χ4v) is 4.11. The minimum Gasteiger partial charge on any atom is -0.452 e. The van der Waals surface area contributed by atoms with E-state index in [1.165, 1.54) is 0 Å². The highest BCUT2D eigenvalue weighted by Gasteiger charge is 2.38. The van der Waals surface area contributed by atoms with Crippen LogP contribution in [0.1, 0.15) is 51.5 Å². The zero-order chi connectivity index (χ0) is 20.3. The lowest BCUT2D eigenvalue weighted by molar-refractivity contribution is -0.163. The number of nitrogens with zero attached hydrogens (tertiary/aromatic N) is 2. The smallest absolute Gasteiger partial charge is 0.312 e. The SMILES string of the molecule is CCC1CCCCN1C(=O)C(C)OC(=O)C1CC(=O)N(c2ccc(C)cc2)C1. The van der Waals surface area contributed by atoms with Crippen molar-refractivity contribution in [2.75, 3.05) is 18.0 Å². The van der Waals surface area contributed by atoms with Crippen molar-refractivity contribution in [2.45, 2.75) is 65.0 Å². The van der Waals surface area contributed by atoms with Crippen molar-refractivity contribution in [1.82, 2.24) is 4.90 Å². The standard InChI is InChI=1S/C22H30N2O4/c1-4-18-7-5-6-12-23(18)21(26)16(3)28-22(27)17-13-20(25)24(14-17)19-10-8-15(2)9-11-19/h8-11,16-18H,4-7,12-14H2,1-3H3. The number of hydrogen-bond donors (Lipinski definition) is 0. The highest BCUT2D eigenvalue weighted by molar-refractivity contribution is 5.99. The summed E-state index contributed by atoms with van der Waals surface area (Å²) >= 11 is 0. The molecule has 28 heavy (non-hydrogen) atoms. The van der Waals surface area contributed by atoms with Gasteiger partial charge < -0.3 is 14.5 Å². The molecule has 0 saturated carbocycles. The van der Waals surface area contributed by atoms with E-state index >= 15 is 0 Å². The van der Waals surface area contributed by atoms with Crippen LogP contribution in [-0.4, -0.2) is 47.9 Å². The number of carbonyl (C=O) groups excluding carboxylic acids is 3. The summed E-state index contributed by atoms with van der Waals surface area (Å²) in [6.07, 6.45) is 3.35. The molecule has 2 saturated heterocycles. The average molecular weight is 386 g/mol. The van der Waals surface area contributed by atoms with Crippen molar-refractivity contribution < 1.29 is 19.1 Å². The summed E-state index contributed by atoms with van der Waals surface area (Å²) in [6.45, 7) is 6.72. The molecular weight excluding hydrogens is 356 g/mol. The lowest BCUT2D eigenvalue weighted by Gasteiger charge is -2.36. The van der Waals surface area contributed by atoms with E-state index in [0.717, 1.165) is 43.5 Å². The number of esters is 1. The molecule has 0 aromatic heterocycles. The zero-order valence-electron chi connectivity index (χ0n) is 17.0. The van der Waals surface area contributed by atoms with Gasteiger partial charge in [-0.25, -0.2) is 0 Å². The van der Waals surface area contributed by atoms with Gasteiger partial charge in [-0.3, -0.25) is 14.4 Å². The Morgan fingerprint density at radius 1 is 1.21 bits per heavy atom. The van der Waals surface area contributed by atoms with Crippen molar-refractivity contribution in [3.05, 3.63) is 29.8 Å². The molecule has 2 heterocycles. The predicted molar refractivity (Wildman–Crippen MR) is 107 cm³/mol. The third-order valence-corrected chi connectivity index (χ3v) is 5.83. The number of rotatable bonds is 5. The van der Waals surface area contributed by atoms with Crippen LogP contribution in [0.15, 0.2) is 24.3 Å². The lowest BCUT2D eigenvalue weighted by Crippen LogP contribution is -2.48. The van der Waals surface area contributed by atoms with Gasteiger partial charge in [0.05, 0.1) is 5.92 Å². The predicted octanol–water partition coefficient (Wildman–Crippen LogP) is 3.07. The van der Waals surface area contributed by atoms with E-state index in [-0.39, 0.29) is 24.3 Å². The van der Waals surface area contributed by atoms with Crippen molar-refractivity contribution in [1.29, 1.82) is 0 Å².